The number of likely N-dealkylation sites (tertiary alicyclic amines) is 1. The fourth-order valence-corrected chi connectivity index (χ4v) is 3.39. The van der Waals surface area contributed by atoms with E-state index in [1.807, 2.05) is 68.1 Å². The Hall–Kier alpha value is -3.22. The van der Waals surface area contributed by atoms with E-state index in [2.05, 4.69) is 5.32 Å². The number of nitrogens with zero attached hydrogens (tertiary/aromatic N) is 1. The predicted molar refractivity (Wildman–Crippen MR) is 122 cm³/mol. The van der Waals surface area contributed by atoms with E-state index >= 15 is 0 Å². The minimum absolute atomic E-state index is 0.000283. The molecule has 0 bridgehead atoms. The number of hydrogen-bond acceptors (Lipinski definition) is 5. The monoisotopic (exact) mass is 440 g/mol. The Labute approximate surface area is 189 Å². The van der Waals surface area contributed by atoms with E-state index in [0.29, 0.717) is 37.1 Å². The Morgan fingerprint density at radius 1 is 0.938 bits per heavy atom. The number of ether oxygens (including phenoxy) is 3. The summed E-state index contributed by atoms with van der Waals surface area (Å²) in [6, 6.07) is 16.8. The number of hydrogen-bond donors (Lipinski definition) is 1. The molecular formula is C25H32N2O5. The van der Waals surface area contributed by atoms with E-state index in [4.69, 9.17) is 14.2 Å². The zero-order chi connectivity index (χ0) is 23.0. The van der Waals surface area contributed by atoms with Crippen LogP contribution in [0.5, 0.6) is 17.2 Å². The van der Waals surface area contributed by atoms with Crippen LogP contribution in [-0.2, 0) is 9.53 Å². The van der Waals surface area contributed by atoms with Gasteiger partial charge in [0.15, 0.2) is 6.61 Å². The molecule has 0 saturated carbocycles. The smallest absolute Gasteiger partial charge is 0.407 e. The summed E-state index contributed by atoms with van der Waals surface area (Å²) >= 11 is 0. The maximum Gasteiger partial charge on any atom is 0.407 e. The average molecular weight is 441 g/mol. The van der Waals surface area contributed by atoms with Gasteiger partial charge in [0, 0.05) is 19.6 Å². The molecule has 172 valence electrons. The third-order valence-corrected chi connectivity index (χ3v) is 5.07. The fraction of sp³-hybridized carbons (Fsp3) is 0.440. The first kappa shape index (κ1) is 23.4. The van der Waals surface area contributed by atoms with Crippen molar-refractivity contribution in [1.29, 1.82) is 0 Å². The Morgan fingerprint density at radius 3 is 2.16 bits per heavy atom. The zero-order valence-corrected chi connectivity index (χ0v) is 19.0. The van der Waals surface area contributed by atoms with Crippen LogP contribution in [-0.4, -0.2) is 48.7 Å². The van der Waals surface area contributed by atoms with Gasteiger partial charge in [-0.1, -0.05) is 18.2 Å². The maximum atomic E-state index is 12.5. The molecule has 1 heterocycles. The average Bonchev–Trinajstić information content (AvgIpc) is 2.77. The van der Waals surface area contributed by atoms with E-state index in [-0.39, 0.29) is 12.5 Å². The third-order valence-electron chi connectivity index (χ3n) is 5.07. The largest absolute Gasteiger partial charge is 0.484 e. The topological polar surface area (TPSA) is 77.1 Å². The molecule has 0 aromatic heterocycles. The van der Waals surface area contributed by atoms with Crippen LogP contribution < -0.4 is 14.8 Å². The highest BCUT2D eigenvalue weighted by Crippen LogP contribution is 2.24. The van der Waals surface area contributed by atoms with Gasteiger partial charge in [0.2, 0.25) is 0 Å². The van der Waals surface area contributed by atoms with Crippen LogP contribution in [0.15, 0.2) is 54.6 Å². The lowest BCUT2D eigenvalue weighted by atomic mass is 9.97. The summed E-state index contributed by atoms with van der Waals surface area (Å²) in [5.41, 5.74) is -0.505. The fourth-order valence-electron chi connectivity index (χ4n) is 3.39. The van der Waals surface area contributed by atoms with Crippen molar-refractivity contribution in [2.24, 2.45) is 5.92 Å². The molecule has 0 radical (unpaired) electrons. The SMILES string of the molecule is CC(C)(C)OC(=O)NCC1CCN(C(=O)COc2ccc(Oc3ccccc3)cc2)CC1. The first-order valence-electron chi connectivity index (χ1n) is 11.0. The van der Waals surface area contributed by atoms with E-state index in [1.54, 1.807) is 12.1 Å². The number of carbonyl (C=O) groups excluding carboxylic acids is 2. The zero-order valence-electron chi connectivity index (χ0n) is 19.0. The van der Waals surface area contributed by atoms with Crippen molar-refractivity contribution in [3.8, 4) is 17.2 Å². The molecule has 1 fully saturated rings. The molecule has 0 unspecified atom stereocenters. The second-order valence-corrected chi connectivity index (χ2v) is 8.88. The van der Waals surface area contributed by atoms with Gasteiger partial charge >= 0.3 is 6.09 Å². The highest BCUT2D eigenvalue weighted by atomic mass is 16.6. The molecule has 3 rings (SSSR count). The number of nitrogens with one attached hydrogen (secondary N) is 1. The molecule has 7 nitrogen and oxygen atoms in total. The molecule has 1 saturated heterocycles. The van der Waals surface area contributed by atoms with Crippen molar-refractivity contribution in [3.05, 3.63) is 54.6 Å². The standard InChI is InChI=1S/C25H32N2O5/c1-25(2,3)32-24(29)26-17-19-13-15-27(16-14-19)23(28)18-30-20-9-11-22(12-10-20)31-21-7-5-4-6-8-21/h4-12,19H,13-18H2,1-3H3,(H,26,29). The molecule has 0 spiro atoms. The lowest BCUT2D eigenvalue weighted by molar-refractivity contribution is -0.134. The molecule has 32 heavy (non-hydrogen) atoms. The Kier molecular flexibility index (Phi) is 7.98. The lowest BCUT2D eigenvalue weighted by Gasteiger charge is -2.32. The number of alkyl carbamates (subject to hydrolysis) is 1. The molecule has 0 aliphatic carbocycles. The molecule has 0 atom stereocenters. The van der Waals surface area contributed by atoms with Gasteiger partial charge in [-0.15, -0.1) is 0 Å². The number of carbonyl (C=O) groups is 2. The van der Waals surface area contributed by atoms with Crippen molar-refractivity contribution in [2.45, 2.75) is 39.2 Å². The molecule has 2 amide bonds. The van der Waals surface area contributed by atoms with Crippen LogP contribution in [0.1, 0.15) is 33.6 Å². The van der Waals surface area contributed by atoms with E-state index in [0.717, 1.165) is 18.6 Å². The van der Waals surface area contributed by atoms with Gasteiger partial charge in [0.1, 0.15) is 22.8 Å². The second kappa shape index (κ2) is 10.9. The van der Waals surface area contributed by atoms with E-state index in [9.17, 15) is 9.59 Å². The van der Waals surface area contributed by atoms with Gasteiger partial charge in [-0.2, -0.15) is 0 Å². The van der Waals surface area contributed by atoms with Gasteiger partial charge < -0.3 is 24.4 Å². The number of piperidine rings is 1. The summed E-state index contributed by atoms with van der Waals surface area (Å²) in [7, 11) is 0. The minimum atomic E-state index is -0.505. The van der Waals surface area contributed by atoms with Crippen LogP contribution >= 0.6 is 0 Å². The lowest BCUT2D eigenvalue weighted by Crippen LogP contribution is -2.43. The van der Waals surface area contributed by atoms with Crippen molar-refractivity contribution < 1.29 is 23.8 Å². The van der Waals surface area contributed by atoms with Gasteiger partial charge in [-0.25, -0.2) is 4.79 Å². The van der Waals surface area contributed by atoms with Gasteiger partial charge in [0.05, 0.1) is 0 Å². The van der Waals surface area contributed by atoms with Crippen molar-refractivity contribution in [3.63, 3.8) is 0 Å². The summed E-state index contributed by atoms with van der Waals surface area (Å²) in [5, 5.41) is 2.82. The summed E-state index contributed by atoms with van der Waals surface area (Å²) in [6.07, 6.45) is 1.28. The first-order valence-corrected chi connectivity index (χ1v) is 11.0. The van der Waals surface area contributed by atoms with Gasteiger partial charge in [0.25, 0.3) is 5.91 Å². The van der Waals surface area contributed by atoms with E-state index < -0.39 is 11.7 Å². The first-order chi connectivity index (χ1) is 15.3. The third kappa shape index (κ3) is 7.80. The Bertz CT molecular complexity index is 869. The number of rotatable bonds is 7. The minimum Gasteiger partial charge on any atom is -0.484 e. The van der Waals surface area contributed by atoms with Crippen molar-refractivity contribution >= 4 is 12.0 Å². The normalized spacial score (nSPS) is 14.5. The summed E-state index contributed by atoms with van der Waals surface area (Å²) in [6.45, 7) is 7.40. The van der Waals surface area contributed by atoms with Crippen molar-refractivity contribution in [2.75, 3.05) is 26.2 Å². The second-order valence-electron chi connectivity index (χ2n) is 8.88. The predicted octanol–water partition coefficient (Wildman–Crippen LogP) is 4.62. The summed E-state index contributed by atoms with van der Waals surface area (Å²) < 4.78 is 16.7. The number of para-hydroxylation sites is 1. The highest BCUT2D eigenvalue weighted by molar-refractivity contribution is 5.77. The van der Waals surface area contributed by atoms with Crippen LogP contribution in [0.2, 0.25) is 0 Å². The van der Waals surface area contributed by atoms with Crippen LogP contribution in [0.4, 0.5) is 4.79 Å². The quantitative estimate of drug-likeness (QED) is 0.680. The molecule has 7 heteroatoms. The highest BCUT2D eigenvalue weighted by Gasteiger charge is 2.24. The van der Waals surface area contributed by atoms with Crippen LogP contribution in [0.3, 0.4) is 0 Å². The Balaban J connectivity index is 1.36. The van der Waals surface area contributed by atoms with Crippen molar-refractivity contribution in [1.82, 2.24) is 10.2 Å². The number of amides is 2. The molecule has 1 N–H and O–H groups in total. The maximum absolute atomic E-state index is 12.5. The van der Waals surface area contributed by atoms with Crippen LogP contribution in [0.25, 0.3) is 0 Å². The molecule has 2 aromatic rings. The van der Waals surface area contributed by atoms with E-state index in [1.165, 1.54) is 0 Å². The molecule has 2 aromatic carbocycles. The molecule has 1 aliphatic heterocycles. The van der Waals surface area contributed by atoms with Crippen LogP contribution in [0, 0.1) is 5.92 Å². The molecular weight excluding hydrogens is 408 g/mol. The van der Waals surface area contributed by atoms with Gasteiger partial charge in [-0.3, -0.25) is 4.79 Å². The molecule has 1 aliphatic rings. The summed E-state index contributed by atoms with van der Waals surface area (Å²) in [4.78, 5) is 26.1. The van der Waals surface area contributed by atoms with Gasteiger partial charge in [-0.05, 0) is 75.9 Å². The number of benzene rings is 2. The Morgan fingerprint density at radius 2 is 1.53 bits per heavy atom. The summed E-state index contributed by atoms with van der Waals surface area (Å²) in [5.74, 6) is 2.39.